The van der Waals surface area contributed by atoms with E-state index in [-0.39, 0.29) is 0 Å². The Morgan fingerprint density at radius 1 is 1.15 bits per heavy atom. The molecule has 0 aromatic carbocycles. The Kier molecular flexibility index (Phi) is 3.62. The first-order valence-corrected chi connectivity index (χ1v) is 5.77. The second-order valence-electron chi connectivity index (χ2n) is 4.42. The summed E-state index contributed by atoms with van der Waals surface area (Å²) in [5, 5.41) is 3.42. The zero-order valence-corrected chi connectivity index (χ0v) is 8.43. The van der Waals surface area contributed by atoms with Crippen molar-refractivity contribution in [3.63, 3.8) is 0 Å². The monoisotopic (exact) mass is 183 g/mol. The summed E-state index contributed by atoms with van der Waals surface area (Å²) in [7, 11) is 0. The van der Waals surface area contributed by atoms with E-state index in [1.807, 2.05) is 0 Å². The summed E-state index contributed by atoms with van der Waals surface area (Å²) in [4.78, 5) is 0. The molecule has 0 aliphatic carbocycles. The predicted molar refractivity (Wildman–Crippen MR) is 53.8 cm³/mol. The van der Waals surface area contributed by atoms with Crippen LogP contribution >= 0.6 is 0 Å². The zero-order valence-electron chi connectivity index (χ0n) is 8.43. The molecule has 0 amide bonds. The van der Waals surface area contributed by atoms with Gasteiger partial charge in [0.25, 0.3) is 0 Å². The lowest BCUT2D eigenvalue weighted by atomic mass is 9.97. The number of hydrogen-bond acceptors (Lipinski definition) is 2. The van der Waals surface area contributed by atoms with Crippen LogP contribution in [0.25, 0.3) is 0 Å². The molecule has 2 heterocycles. The first-order chi connectivity index (χ1) is 6.45. The minimum atomic E-state index is 0.592. The van der Waals surface area contributed by atoms with Crippen molar-refractivity contribution in [1.29, 1.82) is 0 Å². The molecule has 13 heavy (non-hydrogen) atoms. The highest BCUT2D eigenvalue weighted by molar-refractivity contribution is 4.73. The fourth-order valence-electron chi connectivity index (χ4n) is 2.42. The van der Waals surface area contributed by atoms with Crippen LogP contribution in [0.1, 0.15) is 38.5 Å². The van der Waals surface area contributed by atoms with Crippen LogP contribution < -0.4 is 5.32 Å². The van der Waals surface area contributed by atoms with Crippen molar-refractivity contribution in [1.82, 2.24) is 5.32 Å². The van der Waals surface area contributed by atoms with Gasteiger partial charge in [0, 0.05) is 6.61 Å². The Morgan fingerprint density at radius 2 is 2.15 bits per heavy atom. The Bertz CT molecular complexity index is 137. The maximum Gasteiger partial charge on any atom is 0.0575 e. The molecule has 76 valence electrons. The smallest absolute Gasteiger partial charge is 0.0575 e. The van der Waals surface area contributed by atoms with E-state index >= 15 is 0 Å². The third-order valence-corrected chi connectivity index (χ3v) is 3.33. The van der Waals surface area contributed by atoms with E-state index in [9.17, 15) is 0 Å². The van der Waals surface area contributed by atoms with E-state index in [0.717, 1.165) is 12.5 Å². The Hall–Kier alpha value is -0.0800. The van der Waals surface area contributed by atoms with Crippen molar-refractivity contribution in [3.05, 3.63) is 0 Å². The normalized spacial score (nSPS) is 35.1. The molecule has 2 unspecified atom stereocenters. The highest BCUT2D eigenvalue weighted by Crippen LogP contribution is 2.21. The van der Waals surface area contributed by atoms with Crippen molar-refractivity contribution in [3.8, 4) is 0 Å². The topological polar surface area (TPSA) is 21.3 Å². The summed E-state index contributed by atoms with van der Waals surface area (Å²) in [5.41, 5.74) is 0. The van der Waals surface area contributed by atoms with Gasteiger partial charge in [0.2, 0.25) is 0 Å². The van der Waals surface area contributed by atoms with Gasteiger partial charge in [-0.05, 0) is 57.5 Å². The van der Waals surface area contributed by atoms with Gasteiger partial charge in [-0.3, -0.25) is 0 Å². The molecule has 2 heteroatoms. The van der Waals surface area contributed by atoms with Crippen LogP contribution in [0.4, 0.5) is 0 Å². The minimum absolute atomic E-state index is 0.592. The average Bonchev–Trinajstić information content (AvgIpc) is 2.69. The second-order valence-corrected chi connectivity index (χ2v) is 4.42. The predicted octanol–water partition coefficient (Wildman–Crippen LogP) is 1.95. The van der Waals surface area contributed by atoms with Gasteiger partial charge in [-0.1, -0.05) is 0 Å². The van der Waals surface area contributed by atoms with Gasteiger partial charge >= 0.3 is 0 Å². The molecule has 0 bridgehead atoms. The fraction of sp³-hybridized carbons (Fsp3) is 1.00. The van der Waals surface area contributed by atoms with Gasteiger partial charge in [-0.2, -0.15) is 0 Å². The largest absolute Gasteiger partial charge is 0.378 e. The first kappa shape index (κ1) is 9.47. The molecule has 1 N–H and O–H groups in total. The highest BCUT2D eigenvalue weighted by atomic mass is 16.5. The van der Waals surface area contributed by atoms with Crippen molar-refractivity contribution in [2.24, 2.45) is 5.92 Å². The minimum Gasteiger partial charge on any atom is -0.378 e. The van der Waals surface area contributed by atoms with E-state index < -0.39 is 0 Å². The Balaban J connectivity index is 1.60. The molecule has 2 saturated heterocycles. The van der Waals surface area contributed by atoms with Crippen LogP contribution in [0.5, 0.6) is 0 Å². The lowest BCUT2D eigenvalue weighted by molar-refractivity contribution is 0.00800. The highest BCUT2D eigenvalue weighted by Gasteiger charge is 2.18. The second kappa shape index (κ2) is 4.97. The molecule has 0 saturated carbocycles. The van der Waals surface area contributed by atoms with Crippen LogP contribution in [-0.4, -0.2) is 25.8 Å². The molecule has 0 aromatic rings. The molecule has 0 spiro atoms. The summed E-state index contributed by atoms with van der Waals surface area (Å²) in [5.74, 6) is 0.936. The lowest BCUT2D eigenvalue weighted by Gasteiger charge is -2.23. The van der Waals surface area contributed by atoms with Gasteiger partial charge in [-0.25, -0.2) is 0 Å². The summed E-state index contributed by atoms with van der Waals surface area (Å²) in [6.45, 7) is 3.48. The molecule has 2 aliphatic heterocycles. The summed E-state index contributed by atoms with van der Waals surface area (Å²) in [6.07, 6.45) is 8.61. The lowest BCUT2D eigenvalue weighted by Crippen LogP contribution is -2.20. The Labute approximate surface area is 81.0 Å². The van der Waals surface area contributed by atoms with Crippen molar-refractivity contribution in [2.75, 3.05) is 19.7 Å². The number of ether oxygens (including phenoxy) is 1. The third kappa shape index (κ3) is 2.96. The Morgan fingerprint density at radius 3 is 2.85 bits per heavy atom. The van der Waals surface area contributed by atoms with Gasteiger partial charge in [0.15, 0.2) is 0 Å². The van der Waals surface area contributed by atoms with E-state index in [1.165, 1.54) is 51.6 Å². The van der Waals surface area contributed by atoms with Gasteiger partial charge in [-0.15, -0.1) is 0 Å². The quantitative estimate of drug-likeness (QED) is 0.722. The number of rotatable bonds is 3. The van der Waals surface area contributed by atoms with Crippen molar-refractivity contribution < 1.29 is 4.74 Å². The molecule has 2 fully saturated rings. The summed E-state index contributed by atoms with van der Waals surface area (Å²) >= 11 is 0. The maximum atomic E-state index is 5.72. The number of nitrogens with one attached hydrogen (secondary N) is 1. The number of hydrogen-bond donors (Lipinski definition) is 1. The van der Waals surface area contributed by atoms with E-state index in [0.29, 0.717) is 6.10 Å². The van der Waals surface area contributed by atoms with Gasteiger partial charge in [0.1, 0.15) is 0 Å². The van der Waals surface area contributed by atoms with E-state index in [2.05, 4.69) is 5.32 Å². The average molecular weight is 183 g/mol. The first-order valence-electron chi connectivity index (χ1n) is 5.77. The standard InChI is InChI=1S/C11H21NO/c1-2-8-13-11(3-1)5-4-10-6-7-12-9-10/h10-12H,1-9H2. The molecule has 0 radical (unpaired) electrons. The third-order valence-electron chi connectivity index (χ3n) is 3.33. The van der Waals surface area contributed by atoms with Crippen LogP contribution in [0.3, 0.4) is 0 Å². The SMILES string of the molecule is C1CCC(CCC2CCNC2)OC1. The zero-order chi connectivity index (χ0) is 8.93. The fourth-order valence-corrected chi connectivity index (χ4v) is 2.42. The maximum absolute atomic E-state index is 5.72. The van der Waals surface area contributed by atoms with Crippen LogP contribution in [0, 0.1) is 5.92 Å². The van der Waals surface area contributed by atoms with Crippen LogP contribution in [-0.2, 0) is 4.74 Å². The molecule has 0 aromatic heterocycles. The molecular formula is C11H21NO. The van der Waals surface area contributed by atoms with Gasteiger partial charge in [0.05, 0.1) is 6.10 Å². The van der Waals surface area contributed by atoms with Crippen LogP contribution in [0.2, 0.25) is 0 Å². The van der Waals surface area contributed by atoms with E-state index in [4.69, 9.17) is 4.74 Å². The van der Waals surface area contributed by atoms with Crippen LogP contribution in [0.15, 0.2) is 0 Å². The molecule has 2 nitrogen and oxygen atoms in total. The molecular weight excluding hydrogens is 162 g/mol. The van der Waals surface area contributed by atoms with Crippen molar-refractivity contribution >= 4 is 0 Å². The van der Waals surface area contributed by atoms with Crippen molar-refractivity contribution in [2.45, 2.75) is 44.6 Å². The summed E-state index contributed by atoms with van der Waals surface area (Å²) < 4.78 is 5.72. The van der Waals surface area contributed by atoms with E-state index in [1.54, 1.807) is 0 Å². The molecule has 2 aliphatic rings. The summed E-state index contributed by atoms with van der Waals surface area (Å²) in [6, 6.07) is 0. The molecule has 2 rings (SSSR count). The molecule has 2 atom stereocenters. The van der Waals surface area contributed by atoms with Gasteiger partial charge < -0.3 is 10.1 Å².